The monoisotopic (exact) mass is 272 g/mol. The van der Waals surface area contributed by atoms with Crippen molar-refractivity contribution in [2.24, 2.45) is 0 Å². The predicted octanol–water partition coefficient (Wildman–Crippen LogP) is 3.00. The first kappa shape index (κ1) is 12.7. The number of hydrogen-bond donors (Lipinski definition) is 0. The number of carbonyl (C=O) groups is 1. The van der Waals surface area contributed by atoms with Crippen LogP contribution >= 0.6 is 0 Å². The van der Waals surface area contributed by atoms with E-state index in [0.29, 0.717) is 12.2 Å². The normalized spacial score (nSPS) is 12.7. The molecule has 1 aliphatic rings. The van der Waals surface area contributed by atoms with E-state index in [0.717, 1.165) is 17.7 Å². The SMILES string of the molecule is COc1cccc(F)c1C(=O)c1ccc2c(c1)CCO2. The molecular formula is C16H13FO3. The van der Waals surface area contributed by atoms with Crippen molar-refractivity contribution in [1.29, 1.82) is 0 Å². The number of ether oxygens (including phenoxy) is 2. The van der Waals surface area contributed by atoms with Gasteiger partial charge in [0.1, 0.15) is 22.9 Å². The van der Waals surface area contributed by atoms with Crippen molar-refractivity contribution < 1.29 is 18.7 Å². The first-order valence-electron chi connectivity index (χ1n) is 6.33. The molecule has 0 saturated heterocycles. The molecule has 0 radical (unpaired) electrons. The zero-order chi connectivity index (χ0) is 14.1. The van der Waals surface area contributed by atoms with Crippen molar-refractivity contribution >= 4 is 5.78 Å². The molecule has 20 heavy (non-hydrogen) atoms. The van der Waals surface area contributed by atoms with Crippen LogP contribution in [-0.4, -0.2) is 19.5 Å². The Balaban J connectivity index is 2.05. The first-order valence-corrected chi connectivity index (χ1v) is 6.33. The van der Waals surface area contributed by atoms with Gasteiger partial charge in [-0.2, -0.15) is 0 Å². The second-order valence-electron chi connectivity index (χ2n) is 4.57. The zero-order valence-corrected chi connectivity index (χ0v) is 11.0. The molecule has 1 aliphatic heterocycles. The third kappa shape index (κ3) is 2.03. The fourth-order valence-corrected chi connectivity index (χ4v) is 2.37. The van der Waals surface area contributed by atoms with Gasteiger partial charge >= 0.3 is 0 Å². The second-order valence-corrected chi connectivity index (χ2v) is 4.57. The van der Waals surface area contributed by atoms with E-state index in [2.05, 4.69) is 0 Å². The quantitative estimate of drug-likeness (QED) is 0.806. The van der Waals surface area contributed by atoms with Gasteiger partial charge in [-0.05, 0) is 35.9 Å². The Morgan fingerprint density at radius 2 is 2.15 bits per heavy atom. The Bertz CT molecular complexity index is 679. The van der Waals surface area contributed by atoms with Crippen LogP contribution in [0, 0.1) is 5.82 Å². The zero-order valence-electron chi connectivity index (χ0n) is 11.0. The van der Waals surface area contributed by atoms with Gasteiger partial charge in [-0.15, -0.1) is 0 Å². The van der Waals surface area contributed by atoms with E-state index in [-0.39, 0.29) is 17.1 Å². The first-order chi connectivity index (χ1) is 9.70. The van der Waals surface area contributed by atoms with Crippen LogP contribution in [0.15, 0.2) is 36.4 Å². The van der Waals surface area contributed by atoms with Crippen molar-refractivity contribution in [2.45, 2.75) is 6.42 Å². The third-order valence-electron chi connectivity index (χ3n) is 3.37. The molecule has 2 aromatic rings. The standard InChI is InChI=1S/C16H13FO3/c1-19-14-4-2-3-12(17)15(14)16(18)11-5-6-13-10(9-11)7-8-20-13/h2-6,9H,7-8H2,1H3. The minimum Gasteiger partial charge on any atom is -0.496 e. The number of hydrogen-bond acceptors (Lipinski definition) is 3. The molecule has 0 unspecified atom stereocenters. The van der Waals surface area contributed by atoms with Gasteiger partial charge in [0.2, 0.25) is 0 Å². The molecule has 102 valence electrons. The molecule has 0 amide bonds. The molecule has 0 N–H and O–H groups in total. The largest absolute Gasteiger partial charge is 0.496 e. The molecule has 0 aromatic heterocycles. The summed E-state index contributed by atoms with van der Waals surface area (Å²) >= 11 is 0. The lowest BCUT2D eigenvalue weighted by Gasteiger charge is -2.09. The van der Waals surface area contributed by atoms with Crippen molar-refractivity contribution in [3.05, 3.63) is 58.9 Å². The van der Waals surface area contributed by atoms with Crippen LogP contribution in [0.5, 0.6) is 11.5 Å². The molecule has 0 fully saturated rings. The maximum Gasteiger partial charge on any atom is 0.199 e. The average molecular weight is 272 g/mol. The van der Waals surface area contributed by atoms with E-state index < -0.39 is 5.82 Å². The molecule has 1 heterocycles. The molecule has 0 spiro atoms. The summed E-state index contributed by atoms with van der Waals surface area (Å²) < 4.78 is 24.4. The molecule has 0 aliphatic carbocycles. The van der Waals surface area contributed by atoms with E-state index in [4.69, 9.17) is 9.47 Å². The lowest BCUT2D eigenvalue weighted by Crippen LogP contribution is -2.07. The lowest BCUT2D eigenvalue weighted by atomic mass is 9.99. The molecule has 2 aromatic carbocycles. The van der Waals surface area contributed by atoms with Gasteiger partial charge in [0.25, 0.3) is 0 Å². The van der Waals surface area contributed by atoms with Gasteiger partial charge in [0.05, 0.1) is 13.7 Å². The average Bonchev–Trinajstić information content (AvgIpc) is 2.93. The highest BCUT2D eigenvalue weighted by Gasteiger charge is 2.21. The topological polar surface area (TPSA) is 35.5 Å². The molecule has 0 bridgehead atoms. The van der Waals surface area contributed by atoms with Crippen molar-refractivity contribution in [3.63, 3.8) is 0 Å². The smallest absolute Gasteiger partial charge is 0.199 e. The van der Waals surface area contributed by atoms with Gasteiger partial charge in [-0.25, -0.2) is 4.39 Å². The van der Waals surface area contributed by atoms with Crippen LogP contribution in [0.25, 0.3) is 0 Å². The number of ketones is 1. The van der Waals surface area contributed by atoms with Crippen LogP contribution in [0.2, 0.25) is 0 Å². The van der Waals surface area contributed by atoms with Gasteiger partial charge in [0.15, 0.2) is 5.78 Å². The predicted molar refractivity (Wildman–Crippen MR) is 72.0 cm³/mol. The number of methoxy groups -OCH3 is 1. The molecule has 4 heteroatoms. The Morgan fingerprint density at radius 3 is 2.95 bits per heavy atom. The highest BCUT2D eigenvalue weighted by Crippen LogP contribution is 2.29. The Kier molecular flexibility index (Phi) is 3.14. The van der Waals surface area contributed by atoms with Crippen LogP contribution in [-0.2, 0) is 6.42 Å². The fourth-order valence-electron chi connectivity index (χ4n) is 2.37. The molecular weight excluding hydrogens is 259 g/mol. The van der Waals surface area contributed by atoms with Crippen LogP contribution < -0.4 is 9.47 Å². The maximum atomic E-state index is 13.9. The number of rotatable bonds is 3. The Labute approximate surface area is 115 Å². The Morgan fingerprint density at radius 1 is 1.30 bits per heavy atom. The minimum atomic E-state index is -0.578. The van der Waals surface area contributed by atoms with Crippen LogP contribution in [0.3, 0.4) is 0 Å². The summed E-state index contributed by atoms with van der Waals surface area (Å²) in [5, 5.41) is 0. The summed E-state index contributed by atoms with van der Waals surface area (Å²) in [5.41, 5.74) is 1.39. The van der Waals surface area contributed by atoms with Gasteiger partial charge in [0, 0.05) is 12.0 Å². The van der Waals surface area contributed by atoms with E-state index in [1.807, 2.05) is 0 Å². The lowest BCUT2D eigenvalue weighted by molar-refractivity contribution is 0.103. The number of benzene rings is 2. The van der Waals surface area contributed by atoms with Gasteiger partial charge in [-0.1, -0.05) is 6.07 Å². The maximum absolute atomic E-state index is 13.9. The number of fused-ring (bicyclic) bond motifs is 1. The molecule has 0 atom stereocenters. The summed E-state index contributed by atoms with van der Waals surface area (Å²) in [5.74, 6) is 0.0783. The summed E-state index contributed by atoms with van der Waals surface area (Å²) in [4.78, 5) is 12.5. The van der Waals surface area contributed by atoms with Crippen molar-refractivity contribution in [1.82, 2.24) is 0 Å². The fraction of sp³-hybridized carbons (Fsp3) is 0.188. The van der Waals surface area contributed by atoms with Crippen molar-refractivity contribution in [2.75, 3.05) is 13.7 Å². The number of halogens is 1. The van der Waals surface area contributed by atoms with Gasteiger partial charge < -0.3 is 9.47 Å². The molecule has 3 nitrogen and oxygen atoms in total. The van der Waals surface area contributed by atoms with Gasteiger partial charge in [-0.3, -0.25) is 4.79 Å². The van der Waals surface area contributed by atoms with Crippen molar-refractivity contribution in [3.8, 4) is 11.5 Å². The summed E-state index contributed by atoms with van der Waals surface area (Å²) in [6.45, 7) is 0.621. The summed E-state index contributed by atoms with van der Waals surface area (Å²) in [6.07, 6.45) is 0.769. The van der Waals surface area contributed by atoms with Crippen LogP contribution in [0.4, 0.5) is 4.39 Å². The van der Waals surface area contributed by atoms with E-state index in [9.17, 15) is 9.18 Å². The Hall–Kier alpha value is -2.36. The highest BCUT2D eigenvalue weighted by atomic mass is 19.1. The third-order valence-corrected chi connectivity index (χ3v) is 3.37. The molecule has 3 rings (SSSR count). The molecule has 0 saturated carbocycles. The minimum absolute atomic E-state index is 0.0335. The van der Waals surface area contributed by atoms with Crippen LogP contribution in [0.1, 0.15) is 21.5 Å². The highest BCUT2D eigenvalue weighted by molar-refractivity contribution is 6.11. The van der Waals surface area contributed by atoms with E-state index in [1.54, 1.807) is 24.3 Å². The second kappa shape index (κ2) is 4.96. The number of carbonyl (C=O) groups excluding carboxylic acids is 1. The van der Waals surface area contributed by atoms with E-state index in [1.165, 1.54) is 19.2 Å². The summed E-state index contributed by atoms with van der Waals surface area (Å²) in [6, 6.07) is 9.51. The summed E-state index contributed by atoms with van der Waals surface area (Å²) in [7, 11) is 1.42. The van der Waals surface area contributed by atoms with E-state index >= 15 is 0 Å².